The molecular formula is C11H14N2O. The molecule has 1 heterocycles. The van der Waals surface area contributed by atoms with Crippen molar-refractivity contribution in [1.29, 1.82) is 0 Å². The van der Waals surface area contributed by atoms with Crippen LogP contribution in [0.25, 0.3) is 11.0 Å². The standard InChI is InChI=1S/C11H14N2O/c1-7-4-3-5-9-6-10(8(2)13-12)14-11(7)9/h3-6,8,13H,12H2,1-2H3. The fraction of sp³-hybridized carbons (Fsp3) is 0.273. The monoisotopic (exact) mass is 190 g/mol. The molecule has 1 unspecified atom stereocenters. The van der Waals surface area contributed by atoms with Crippen molar-refractivity contribution in [2.75, 3.05) is 0 Å². The Balaban J connectivity index is 2.56. The van der Waals surface area contributed by atoms with Crippen LogP contribution in [-0.2, 0) is 0 Å². The molecule has 14 heavy (non-hydrogen) atoms. The fourth-order valence-corrected chi connectivity index (χ4v) is 1.52. The summed E-state index contributed by atoms with van der Waals surface area (Å²) in [6, 6.07) is 8.17. The number of para-hydroxylation sites is 1. The lowest BCUT2D eigenvalue weighted by Gasteiger charge is -2.04. The predicted octanol–water partition coefficient (Wildman–Crippen LogP) is 2.27. The number of rotatable bonds is 2. The van der Waals surface area contributed by atoms with Gasteiger partial charge in [-0.2, -0.15) is 0 Å². The van der Waals surface area contributed by atoms with Crippen LogP contribution in [0.1, 0.15) is 24.3 Å². The Bertz CT molecular complexity index is 447. The van der Waals surface area contributed by atoms with Crippen LogP contribution < -0.4 is 11.3 Å². The molecule has 0 spiro atoms. The SMILES string of the molecule is Cc1cccc2cc(C(C)NN)oc12. The number of hydrazine groups is 1. The van der Waals surface area contributed by atoms with Crippen LogP contribution in [0, 0.1) is 6.92 Å². The highest BCUT2D eigenvalue weighted by Crippen LogP contribution is 2.25. The summed E-state index contributed by atoms with van der Waals surface area (Å²) in [5.74, 6) is 6.23. The number of nitrogens with two attached hydrogens (primary N) is 1. The minimum atomic E-state index is 0.0433. The van der Waals surface area contributed by atoms with Crippen LogP contribution in [-0.4, -0.2) is 0 Å². The summed E-state index contributed by atoms with van der Waals surface area (Å²) >= 11 is 0. The number of hydrogen-bond donors (Lipinski definition) is 2. The average molecular weight is 190 g/mol. The van der Waals surface area contributed by atoms with Gasteiger partial charge in [0, 0.05) is 5.39 Å². The maximum Gasteiger partial charge on any atom is 0.137 e. The van der Waals surface area contributed by atoms with Crippen LogP contribution in [0.4, 0.5) is 0 Å². The van der Waals surface area contributed by atoms with E-state index in [4.69, 9.17) is 10.3 Å². The summed E-state index contributed by atoms with van der Waals surface area (Å²) in [5.41, 5.74) is 4.77. The van der Waals surface area contributed by atoms with Gasteiger partial charge in [0.1, 0.15) is 11.3 Å². The first-order chi connectivity index (χ1) is 6.72. The number of nitrogens with one attached hydrogen (secondary N) is 1. The second-order valence-electron chi connectivity index (χ2n) is 3.53. The molecule has 3 N–H and O–H groups in total. The predicted molar refractivity (Wildman–Crippen MR) is 56.7 cm³/mol. The Kier molecular flexibility index (Phi) is 2.27. The Labute approximate surface area is 82.9 Å². The quantitative estimate of drug-likeness (QED) is 0.564. The molecule has 0 amide bonds. The molecule has 2 aromatic rings. The van der Waals surface area contributed by atoms with Gasteiger partial charge in [0.2, 0.25) is 0 Å². The topological polar surface area (TPSA) is 51.2 Å². The van der Waals surface area contributed by atoms with Gasteiger partial charge in [-0.05, 0) is 25.5 Å². The molecule has 1 aromatic heterocycles. The Morgan fingerprint density at radius 3 is 2.86 bits per heavy atom. The van der Waals surface area contributed by atoms with Gasteiger partial charge in [0.15, 0.2) is 0 Å². The van der Waals surface area contributed by atoms with Crippen molar-refractivity contribution in [3.8, 4) is 0 Å². The first kappa shape index (κ1) is 9.24. The van der Waals surface area contributed by atoms with E-state index in [2.05, 4.69) is 5.43 Å². The molecule has 0 aliphatic carbocycles. The highest BCUT2D eigenvalue weighted by molar-refractivity contribution is 5.80. The second kappa shape index (κ2) is 3.44. The van der Waals surface area contributed by atoms with Crippen molar-refractivity contribution in [1.82, 2.24) is 5.43 Å². The van der Waals surface area contributed by atoms with Gasteiger partial charge in [0.05, 0.1) is 6.04 Å². The third-order valence-corrected chi connectivity index (χ3v) is 2.44. The third kappa shape index (κ3) is 1.41. The van der Waals surface area contributed by atoms with Crippen molar-refractivity contribution < 1.29 is 4.42 Å². The van der Waals surface area contributed by atoms with E-state index in [0.29, 0.717) is 0 Å². The normalized spacial score (nSPS) is 13.4. The van der Waals surface area contributed by atoms with Gasteiger partial charge in [0.25, 0.3) is 0 Å². The molecule has 0 fully saturated rings. The number of furan rings is 1. The van der Waals surface area contributed by atoms with E-state index in [1.54, 1.807) is 0 Å². The Morgan fingerprint density at radius 1 is 1.43 bits per heavy atom. The lowest BCUT2D eigenvalue weighted by Crippen LogP contribution is -2.25. The molecule has 0 aliphatic heterocycles. The van der Waals surface area contributed by atoms with Gasteiger partial charge in [-0.15, -0.1) is 0 Å². The van der Waals surface area contributed by atoms with Crippen molar-refractivity contribution in [3.05, 3.63) is 35.6 Å². The van der Waals surface area contributed by atoms with Crippen LogP contribution in [0.3, 0.4) is 0 Å². The van der Waals surface area contributed by atoms with Gasteiger partial charge < -0.3 is 4.42 Å². The minimum Gasteiger partial charge on any atom is -0.459 e. The van der Waals surface area contributed by atoms with Crippen LogP contribution in [0.5, 0.6) is 0 Å². The lowest BCUT2D eigenvalue weighted by atomic mass is 10.1. The molecule has 74 valence electrons. The molecule has 0 saturated heterocycles. The van der Waals surface area contributed by atoms with E-state index in [1.165, 1.54) is 0 Å². The van der Waals surface area contributed by atoms with E-state index in [1.807, 2.05) is 38.1 Å². The molecule has 0 bridgehead atoms. The molecule has 1 atom stereocenters. The summed E-state index contributed by atoms with van der Waals surface area (Å²) in [6.07, 6.45) is 0. The molecular weight excluding hydrogens is 176 g/mol. The van der Waals surface area contributed by atoms with Crippen LogP contribution in [0.2, 0.25) is 0 Å². The van der Waals surface area contributed by atoms with Crippen molar-refractivity contribution in [2.45, 2.75) is 19.9 Å². The molecule has 1 aromatic carbocycles. The van der Waals surface area contributed by atoms with E-state index < -0.39 is 0 Å². The highest BCUT2D eigenvalue weighted by Gasteiger charge is 2.10. The van der Waals surface area contributed by atoms with E-state index >= 15 is 0 Å². The molecule has 3 nitrogen and oxygen atoms in total. The van der Waals surface area contributed by atoms with E-state index in [-0.39, 0.29) is 6.04 Å². The second-order valence-corrected chi connectivity index (χ2v) is 3.53. The maximum absolute atomic E-state index is 5.71. The van der Waals surface area contributed by atoms with Crippen LogP contribution in [0.15, 0.2) is 28.7 Å². The average Bonchev–Trinajstić information content (AvgIpc) is 2.62. The number of benzene rings is 1. The fourth-order valence-electron chi connectivity index (χ4n) is 1.52. The Morgan fingerprint density at radius 2 is 2.21 bits per heavy atom. The summed E-state index contributed by atoms with van der Waals surface area (Å²) < 4.78 is 5.71. The van der Waals surface area contributed by atoms with Gasteiger partial charge in [-0.25, -0.2) is 0 Å². The molecule has 3 heteroatoms. The summed E-state index contributed by atoms with van der Waals surface area (Å²) in [7, 11) is 0. The van der Waals surface area contributed by atoms with Gasteiger partial charge >= 0.3 is 0 Å². The summed E-state index contributed by atoms with van der Waals surface area (Å²) in [6.45, 7) is 4.00. The van der Waals surface area contributed by atoms with Gasteiger partial charge in [-0.3, -0.25) is 11.3 Å². The van der Waals surface area contributed by atoms with Crippen molar-refractivity contribution in [2.24, 2.45) is 5.84 Å². The van der Waals surface area contributed by atoms with Gasteiger partial charge in [-0.1, -0.05) is 18.2 Å². The highest BCUT2D eigenvalue weighted by atomic mass is 16.3. The minimum absolute atomic E-state index is 0.0433. The number of hydrogen-bond acceptors (Lipinski definition) is 3. The zero-order valence-corrected chi connectivity index (χ0v) is 8.37. The largest absolute Gasteiger partial charge is 0.459 e. The molecule has 0 radical (unpaired) electrons. The van der Waals surface area contributed by atoms with Crippen molar-refractivity contribution >= 4 is 11.0 Å². The first-order valence-electron chi connectivity index (χ1n) is 4.67. The molecule has 2 rings (SSSR count). The number of fused-ring (bicyclic) bond motifs is 1. The van der Waals surface area contributed by atoms with E-state index in [0.717, 1.165) is 22.3 Å². The summed E-state index contributed by atoms with van der Waals surface area (Å²) in [4.78, 5) is 0. The van der Waals surface area contributed by atoms with E-state index in [9.17, 15) is 0 Å². The zero-order chi connectivity index (χ0) is 10.1. The third-order valence-electron chi connectivity index (χ3n) is 2.44. The Hall–Kier alpha value is -1.32. The van der Waals surface area contributed by atoms with Crippen molar-refractivity contribution in [3.63, 3.8) is 0 Å². The lowest BCUT2D eigenvalue weighted by molar-refractivity contribution is 0.458. The zero-order valence-electron chi connectivity index (χ0n) is 8.37. The molecule has 0 saturated carbocycles. The first-order valence-corrected chi connectivity index (χ1v) is 4.67. The van der Waals surface area contributed by atoms with Crippen LogP contribution >= 0.6 is 0 Å². The molecule has 0 aliphatic rings. The summed E-state index contributed by atoms with van der Waals surface area (Å²) in [5, 5.41) is 1.13. The number of aryl methyl sites for hydroxylation is 1. The maximum atomic E-state index is 5.71. The smallest absolute Gasteiger partial charge is 0.137 e.